The van der Waals surface area contributed by atoms with Gasteiger partial charge in [0.1, 0.15) is 5.82 Å². The molecule has 5 nitrogen and oxygen atoms in total. The lowest BCUT2D eigenvalue weighted by atomic mass is 10.1. The Morgan fingerprint density at radius 1 is 1.76 bits per heavy atom. The predicted octanol–water partition coefficient (Wildman–Crippen LogP) is 1.55. The van der Waals surface area contributed by atoms with Crippen molar-refractivity contribution in [3.05, 3.63) is 18.2 Å². The Hall–Kier alpha value is -1.36. The van der Waals surface area contributed by atoms with Crippen molar-refractivity contribution < 1.29 is 9.53 Å². The third-order valence-corrected chi connectivity index (χ3v) is 3.03. The zero-order chi connectivity index (χ0) is 12.1. The van der Waals surface area contributed by atoms with E-state index in [0.29, 0.717) is 6.42 Å². The van der Waals surface area contributed by atoms with Crippen LogP contribution in [0.1, 0.15) is 44.5 Å². The number of rotatable bonds is 5. The van der Waals surface area contributed by atoms with Crippen LogP contribution < -0.4 is 5.32 Å². The van der Waals surface area contributed by atoms with Gasteiger partial charge >= 0.3 is 0 Å². The van der Waals surface area contributed by atoms with E-state index >= 15 is 0 Å². The molecule has 0 spiro atoms. The van der Waals surface area contributed by atoms with Crippen molar-refractivity contribution in [3.63, 3.8) is 0 Å². The molecule has 0 saturated carbocycles. The van der Waals surface area contributed by atoms with Crippen molar-refractivity contribution >= 4 is 5.91 Å². The smallest absolute Gasteiger partial charge is 0.223 e. The molecule has 2 heterocycles. The minimum Gasteiger partial charge on any atom is -0.378 e. The number of carbonyl (C=O) groups is 1. The molecule has 1 amide bonds. The summed E-state index contributed by atoms with van der Waals surface area (Å²) in [7, 11) is 0. The number of hydrogen-bond donors (Lipinski definition) is 2. The summed E-state index contributed by atoms with van der Waals surface area (Å²) in [6.45, 7) is 2.81. The maximum absolute atomic E-state index is 11.8. The van der Waals surface area contributed by atoms with Crippen LogP contribution in [0.4, 0.5) is 0 Å². The van der Waals surface area contributed by atoms with Gasteiger partial charge in [-0.25, -0.2) is 4.98 Å². The molecule has 1 aromatic heterocycles. The molecule has 94 valence electrons. The number of aromatic nitrogens is 2. The molecule has 0 radical (unpaired) electrons. The Bertz CT molecular complexity index is 345. The SMILES string of the molecule is CCC(NC(=O)CC1CCCO1)c1ncc[nH]1. The van der Waals surface area contributed by atoms with Gasteiger partial charge in [-0.05, 0) is 19.3 Å². The van der Waals surface area contributed by atoms with E-state index in [1.165, 1.54) is 0 Å². The van der Waals surface area contributed by atoms with Crippen LogP contribution in [-0.2, 0) is 9.53 Å². The van der Waals surface area contributed by atoms with Gasteiger partial charge in [0.05, 0.1) is 18.6 Å². The van der Waals surface area contributed by atoms with E-state index in [-0.39, 0.29) is 18.1 Å². The molecule has 17 heavy (non-hydrogen) atoms. The Morgan fingerprint density at radius 3 is 3.24 bits per heavy atom. The van der Waals surface area contributed by atoms with Crippen LogP contribution in [0.3, 0.4) is 0 Å². The fourth-order valence-corrected chi connectivity index (χ4v) is 2.10. The molecule has 2 N–H and O–H groups in total. The topological polar surface area (TPSA) is 67.0 Å². The van der Waals surface area contributed by atoms with Gasteiger partial charge in [-0.3, -0.25) is 4.79 Å². The number of hydrogen-bond acceptors (Lipinski definition) is 3. The van der Waals surface area contributed by atoms with Gasteiger partial charge in [-0.15, -0.1) is 0 Å². The Morgan fingerprint density at radius 2 is 2.65 bits per heavy atom. The molecule has 1 aliphatic heterocycles. The fraction of sp³-hybridized carbons (Fsp3) is 0.667. The fourth-order valence-electron chi connectivity index (χ4n) is 2.10. The van der Waals surface area contributed by atoms with Crippen molar-refractivity contribution in [2.24, 2.45) is 0 Å². The minimum atomic E-state index is -0.0288. The first-order valence-corrected chi connectivity index (χ1v) is 6.20. The summed E-state index contributed by atoms with van der Waals surface area (Å²) in [4.78, 5) is 19.0. The monoisotopic (exact) mass is 237 g/mol. The second kappa shape index (κ2) is 5.82. The zero-order valence-electron chi connectivity index (χ0n) is 10.1. The number of aromatic amines is 1. The molecule has 1 saturated heterocycles. The summed E-state index contributed by atoms with van der Waals surface area (Å²) in [6.07, 6.45) is 6.90. The molecule has 2 atom stereocenters. The number of nitrogens with zero attached hydrogens (tertiary/aromatic N) is 1. The summed E-state index contributed by atoms with van der Waals surface area (Å²) in [6, 6.07) is -0.0288. The van der Waals surface area contributed by atoms with E-state index in [4.69, 9.17) is 4.74 Å². The van der Waals surface area contributed by atoms with Crippen LogP contribution in [0.5, 0.6) is 0 Å². The summed E-state index contributed by atoms with van der Waals surface area (Å²) in [5.41, 5.74) is 0. The molecule has 2 rings (SSSR count). The minimum absolute atomic E-state index is 0.0288. The Kier molecular flexibility index (Phi) is 4.14. The largest absolute Gasteiger partial charge is 0.378 e. The molecule has 5 heteroatoms. The van der Waals surface area contributed by atoms with Gasteiger partial charge in [-0.2, -0.15) is 0 Å². The average Bonchev–Trinajstić information content (AvgIpc) is 2.97. The molecule has 0 bridgehead atoms. The second-order valence-electron chi connectivity index (χ2n) is 4.34. The number of carbonyl (C=O) groups excluding carboxylic acids is 1. The van der Waals surface area contributed by atoms with Crippen molar-refractivity contribution in [2.75, 3.05) is 6.61 Å². The average molecular weight is 237 g/mol. The van der Waals surface area contributed by atoms with Crippen molar-refractivity contribution in [3.8, 4) is 0 Å². The van der Waals surface area contributed by atoms with Crippen LogP contribution in [-0.4, -0.2) is 28.6 Å². The molecule has 0 aliphatic carbocycles. The molecular weight excluding hydrogens is 218 g/mol. The van der Waals surface area contributed by atoms with E-state index in [2.05, 4.69) is 15.3 Å². The van der Waals surface area contributed by atoms with Crippen LogP contribution in [0, 0.1) is 0 Å². The zero-order valence-corrected chi connectivity index (χ0v) is 10.1. The van der Waals surface area contributed by atoms with Gasteiger partial charge in [0.25, 0.3) is 0 Å². The van der Waals surface area contributed by atoms with Crippen LogP contribution in [0.15, 0.2) is 12.4 Å². The highest BCUT2D eigenvalue weighted by Crippen LogP contribution is 2.17. The highest BCUT2D eigenvalue weighted by molar-refractivity contribution is 5.76. The van der Waals surface area contributed by atoms with Gasteiger partial charge < -0.3 is 15.0 Å². The summed E-state index contributed by atoms with van der Waals surface area (Å²) >= 11 is 0. The summed E-state index contributed by atoms with van der Waals surface area (Å²) in [5, 5.41) is 2.98. The van der Waals surface area contributed by atoms with Crippen LogP contribution in [0.25, 0.3) is 0 Å². The Balaban J connectivity index is 1.83. The van der Waals surface area contributed by atoms with Gasteiger partial charge in [0.15, 0.2) is 0 Å². The quantitative estimate of drug-likeness (QED) is 0.816. The van der Waals surface area contributed by atoms with Crippen molar-refractivity contribution in [2.45, 2.75) is 44.8 Å². The second-order valence-corrected chi connectivity index (χ2v) is 4.34. The first kappa shape index (κ1) is 12.1. The van der Waals surface area contributed by atoms with E-state index < -0.39 is 0 Å². The third kappa shape index (κ3) is 3.30. The molecular formula is C12H19N3O2. The summed E-state index contributed by atoms with van der Waals surface area (Å²) < 4.78 is 5.45. The normalized spacial score (nSPS) is 21.4. The molecule has 0 aromatic carbocycles. The maximum Gasteiger partial charge on any atom is 0.223 e. The molecule has 1 aliphatic rings. The molecule has 1 fully saturated rings. The molecule has 1 aromatic rings. The third-order valence-electron chi connectivity index (χ3n) is 3.03. The van der Waals surface area contributed by atoms with E-state index in [9.17, 15) is 4.79 Å². The molecule has 2 unspecified atom stereocenters. The van der Waals surface area contributed by atoms with E-state index in [0.717, 1.165) is 31.7 Å². The van der Waals surface area contributed by atoms with Crippen molar-refractivity contribution in [1.82, 2.24) is 15.3 Å². The number of imidazole rings is 1. The number of ether oxygens (including phenoxy) is 1. The van der Waals surface area contributed by atoms with Gasteiger partial charge in [-0.1, -0.05) is 6.92 Å². The lowest BCUT2D eigenvalue weighted by Gasteiger charge is -2.16. The number of amides is 1. The lowest BCUT2D eigenvalue weighted by Crippen LogP contribution is -2.31. The van der Waals surface area contributed by atoms with Crippen LogP contribution in [0.2, 0.25) is 0 Å². The lowest BCUT2D eigenvalue weighted by molar-refractivity contribution is -0.124. The first-order valence-electron chi connectivity index (χ1n) is 6.20. The first-order chi connectivity index (χ1) is 8.29. The number of nitrogens with one attached hydrogen (secondary N) is 2. The van der Waals surface area contributed by atoms with Gasteiger partial charge in [0, 0.05) is 19.0 Å². The van der Waals surface area contributed by atoms with Crippen LogP contribution >= 0.6 is 0 Å². The maximum atomic E-state index is 11.8. The van der Waals surface area contributed by atoms with E-state index in [1.54, 1.807) is 12.4 Å². The van der Waals surface area contributed by atoms with Crippen molar-refractivity contribution in [1.29, 1.82) is 0 Å². The standard InChI is InChI=1S/C12H19N3O2/c1-2-10(12-13-5-6-14-12)15-11(16)8-9-4-3-7-17-9/h5-6,9-10H,2-4,7-8H2,1H3,(H,13,14)(H,15,16). The Labute approximate surface area is 101 Å². The van der Waals surface area contributed by atoms with Gasteiger partial charge in [0.2, 0.25) is 5.91 Å². The highest BCUT2D eigenvalue weighted by atomic mass is 16.5. The predicted molar refractivity (Wildman–Crippen MR) is 63.4 cm³/mol. The summed E-state index contributed by atoms with van der Waals surface area (Å²) in [5.74, 6) is 0.855. The number of H-pyrrole nitrogens is 1. The highest BCUT2D eigenvalue weighted by Gasteiger charge is 2.21. The van der Waals surface area contributed by atoms with E-state index in [1.807, 2.05) is 6.92 Å².